The van der Waals surface area contributed by atoms with Gasteiger partial charge in [0.2, 0.25) is 9.03 Å². The largest absolute Gasteiger partial charge is 0.449 e. The van der Waals surface area contributed by atoms with E-state index in [1.165, 1.54) is 33.4 Å². The number of benzene rings is 2. The van der Waals surface area contributed by atoms with Gasteiger partial charge in [-0.05, 0) is 86.5 Å². The monoisotopic (exact) mass is 634 g/mol. The van der Waals surface area contributed by atoms with Crippen molar-refractivity contribution in [3.05, 3.63) is 57.6 Å². The molecule has 1 N–H and O–H groups in total. The topological polar surface area (TPSA) is 66.4 Å². The van der Waals surface area contributed by atoms with Crippen molar-refractivity contribution in [1.29, 1.82) is 0 Å². The molecular formula is C35H56O6P2. The Labute approximate surface area is 264 Å². The number of aliphatic hydroxyl groups is 1. The summed E-state index contributed by atoms with van der Waals surface area (Å²) in [6.45, 7) is 18.4. The average molecular weight is 635 g/mol. The Kier molecular flexibility index (Phi) is 15.2. The Morgan fingerprint density at radius 3 is 1.81 bits per heavy atom. The first-order chi connectivity index (χ1) is 20.7. The van der Waals surface area contributed by atoms with E-state index in [1.54, 1.807) is 0 Å². The summed E-state index contributed by atoms with van der Waals surface area (Å²) in [5.74, 6) is 2.60. The molecule has 6 nitrogen and oxygen atoms in total. The molecule has 2 aromatic rings. The normalized spacial score (nSPS) is 20.4. The van der Waals surface area contributed by atoms with Crippen LogP contribution in [-0.2, 0) is 26.4 Å². The summed E-state index contributed by atoms with van der Waals surface area (Å²) in [4.78, 5) is 0. The molecule has 0 radical (unpaired) electrons. The Balaban J connectivity index is 1.65. The molecule has 1 fully saturated rings. The highest BCUT2D eigenvalue weighted by atomic mass is 31.2. The van der Waals surface area contributed by atoms with Crippen LogP contribution >= 0.6 is 17.6 Å². The zero-order valence-electron chi connectivity index (χ0n) is 27.9. The van der Waals surface area contributed by atoms with Crippen LogP contribution in [0.2, 0.25) is 0 Å². The minimum Gasteiger partial charge on any atom is -0.449 e. The Bertz CT molecular complexity index is 1070. The standard InChI is InChI=1S/C35H56O6P2/c1-9-13-15-29-17-25(5)18-30(16-14-10-2)33(29)40-42-37-22-35(21-36)23-38-43(39-24-35)41-34-31(27(7)11-3)19-26(6)20-32(34)28(8)12-4/h17-20,27-28,36,42H,9-16,21-24H2,1-8H3. The van der Waals surface area contributed by atoms with Crippen molar-refractivity contribution in [3.63, 3.8) is 0 Å². The second-order valence-electron chi connectivity index (χ2n) is 12.5. The van der Waals surface area contributed by atoms with Crippen molar-refractivity contribution in [2.45, 2.75) is 119 Å². The zero-order chi connectivity index (χ0) is 31.4. The van der Waals surface area contributed by atoms with Gasteiger partial charge >= 0.3 is 8.60 Å². The minimum absolute atomic E-state index is 0.102. The molecule has 2 aromatic carbocycles. The van der Waals surface area contributed by atoms with Gasteiger partial charge in [-0.25, -0.2) is 0 Å². The van der Waals surface area contributed by atoms with Gasteiger partial charge in [0.05, 0.1) is 31.8 Å². The summed E-state index contributed by atoms with van der Waals surface area (Å²) in [6, 6.07) is 8.96. The first-order valence-electron chi connectivity index (χ1n) is 16.4. The fraction of sp³-hybridized carbons (Fsp3) is 0.657. The number of hydrogen-bond acceptors (Lipinski definition) is 6. The van der Waals surface area contributed by atoms with Crippen molar-refractivity contribution in [3.8, 4) is 11.5 Å². The maximum Gasteiger partial charge on any atom is 0.397 e. The van der Waals surface area contributed by atoms with Crippen LogP contribution in [0, 0.1) is 19.3 Å². The van der Waals surface area contributed by atoms with Crippen LogP contribution in [0.4, 0.5) is 0 Å². The summed E-state index contributed by atoms with van der Waals surface area (Å²) in [5, 5.41) is 10.4. The molecule has 0 aliphatic carbocycles. The van der Waals surface area contributed by atoms with Crippen LogP contribution in [0.3, 0.4) is 0 Å². The fourth-order valence-electron chi connectivity index (χ4n) is 5.33. The summed E-state index contributed by atoms with van der Waals surface area (Å²) in [7, 11) is -1.76. The van der Waals surface area contributed by atoms with Crippen LogP contribution < -0.4 is 9.05 Å². The van der Waals surface area contributed by atoms with Crippen molar-refractivity contribution in [1.82, 2.24) is 0 Å². The number of rotatable bonds is 18. The predicted molar refractivity (Wildman–Crippen MR) is 181 cm³/mol. The van der Waals surface area contributed by atoms with Crippen molar-refractivity contribution in [2.24, 2.45) is 5.41 Å². The first kappa shape index (κ1) is 36.2. The van der Waals surface area contributed by atoms with E-state index >= 15 is 0 Å². The summed E-state index contributed by atoms with van der Waals surface area (Å²) < 4.78 is 31.2. The smallest absolute Gasteiger partial charge is 0.397 e. The van der Waals surface area contributed by atoms with Crippen LogP contribution in [0.1, 0.15) is 125 Å². The van der Waals surface area contributed by atoms with Gasteiger partial charge in [0.25, 0.3) is 0 Å². The molecule has 8 heteroatoms. The molecule has 1 aliphatic heterocycles. The number of hydrogen-bond donors (Lipinski definition) is 1. The molecule has 0 saturated carbocycles. The number of aryl methyl sites for hydroxylation is 4. The van der Waals surface area contributed by atoms with E-state index in [1.807, 2.05) is 0 Å². The quantitative estimate of drug-likeness (QED) is 0.130. The van der Waals surface area contributed by atoms with Crippen LogP contribution in [0.15, 0.2) is 24.3 Å². The van der Waals surface area contributed by atoms with Crippen molar-refractivity contribution in [2.75, 3.05) is 26.4 Å². The third-order valence-corrected chi connectivity index (χ3v) is 10.2. The molecule has 242 valence electrons. The molecule has 0 amide bonds. The molecule has 0 bridgehead atoms. The summed E-state index contributed by atoms with van der Waals surface area (Å²) in [6.07, 6.45) is 8.59. The van der Waals surface area contributed by atoms with E-state index in [0.717, 1.165) is 62.9 Å². The van der Waals surface area contributed by atoms with Gasteiger partial charge in [-0.1, -0.05) is 89.8 Å². The third kappa shape index (κ3) is 10.1. The van der Waals surface area contributed by atoms with E-state index in [2.05, 4.69) is 79.7 Å². The van der Waals surface area contributed by atoms with E-state index in [9.17, 15) is 5.11 Å². The molecule has 1 saturated heterocycles. The average Bonchev–Trinajstić information content (AvgIpc) is 3.02. The molecule has 1 heterocycles. The van der Waals surface area contributed by atoms with Crippen LogP contribution in [0.5, 0.6) is 11.5 Å². The Morgan fingerprint density at radius 1 is 0.837 bits per heavy atom. The van der Waals surface area contributed by atoms with Crippen molar-refractivity contribution >= 4 is 17.6 Å². The SMILES string of the molecule is CCCCc1cc(C)cc(CCCC)c1OPOCC1(CO)COP(Oc2c(C(C)CC)cc(C)cc2C(C)CC)OC1. The molecular weight excluding hydrogens is 578 g/mol. The minimum atomic E-state index is -1.59. The molecule has 0 spiro atoms. The number of unbranched alkanes of at least 4 members (excludes halogenated alkanes) is 2. The lowest BCUT2D eigenvalue weighted by Gasteiger charge is -2.37. The third-order valence-electron chi connectivity index (χ3n) is 8.60. The van der Waals surface area contributed by atoms with Gasteiger partial charge in [0.15, 0.2) is 0 Å². The van der Waals surface area contributed by atoms with Gasteiger partial charge < -0.3 is 27.7 Å². The van der Waals surface area contributed by atoms with E-state index < -0.39 is 14.0 Å². The second-order valence-corrected chi connectivity index (χ2v) is 14.3. The second kappa shape index (κ2) is 18.0. The summed E-state index contributed by atoms with van der Waals surface area (Å²) in [5.41, 5.74) is 6.81. The first-order valence-corrected chi connectivity index (χ1v) is 18.3. The predicted octanol–water partition coefficient (Wildman–Crippen LogP) is 10.3. The maximum absolute atomic E-state index is 10.4. The van der Waals surface area contributed by atoms with Gasteiger partial charge in [-0.3, -0.25) is 0 Å². The maximum atomic E-state index is 10.4. The Morgan fingerprint density at radius 2 is 1.35 bits per heavy atom. The molecule has 43 heavy (non-hydrogen) atoms. The molecule has 3 atom stereocenters. The fourth-order valence-corrected chi connectivity index (χ4v) is 7.40. The summed E-state index contributed by atoms with van der Waals surface area (Å²) >= 11 is 0. The molecule has 1 aliphatic rings. The lowest BCUT2D eigenvalue weighted by Crippen LogP contribution is -2.42. The van der Waals surface area contributed by atoms with E-state index in [4.69, 9.17) is 22.6 Å². The Hall–Kier alpha value is -1.26. The highest BCUT2D eigenvalue weighted by Crippen LogP contribution is 2.51. The van der Waals surface area contributed by atoms with Crippen molar-refractivity contribution < 1.29 is 27.7 Å². The zero-order valence-corrected chi connectivity index (χ0v) is 29.8. The lowest BCUT2D eigenvalue weighted by atomic mass is 9.88. The lowest BCUT2D eigenvalue weighted by molar-refractivity contribution is -0.0442. The van der Waals surface area contributed by atoms with Gasteiger partial charge in [-0.15, -0.1) is 0 Å². The van der Waals surface area contributed by atoms with Crippen LogP contribution in [-0.4, -0.2) is 31.5 Å². The van der Waals surface area contributed by atoms with Gasteiger partial charge in [0.1, 0.15) is 11.5 Å². The highest BCUT2D eigenvalue weighted by molar-refractivity contribution is 7.42. The molecule has 3 unspecified atom stereocenters. The highest BCUT2D eigenvalue weighted by Gasteiger charge is 2.40. The number of aliphatic hydroxyl groups excluding tert-OH is 1. The van der Waals surface area contributed by atoms with E-state index in [0.29, 0.717) is 25.0 Å². The molecule has 3 rings (SSSR count). The van der Waals surface area contributed by atoms with E-state index in [-0.39, 0.29) is 22.2 Å². The van der Waals surface area contributed by atoms with Gasteiger partial charge in [0, 0.05) is 0 Å². The van der Waals surface area contributed by atoms with Crippen LogP contribution in [0.25, 0.3) is 0 Å². The molecule has 0 aromatic heterocycles. The van der Waals surface area contributed by atoms with Gasteiger partial charge in [-0.2, -0.15) is 0 Å².